The smallest absolute Gasteiger partial charge is 0.256 e. The Balaban J connectivity index is 1.57. The van der Waals surface area contributed by atoms with Gasteiger partial charge >= 0.3 is 0 Å². The molecule has 7 heteroatoms. The molecule has 0 bridgehead atoms. The van der Waals surface area contributed by atoms with Crippen LogP contribution in [0.4, 0.5) is 15.8 Å². The number of fused-ring (bicyclic) bond motifs is 1. The first-order chi connectivity index (χ1) is 14.5. The van der Waals surface area contributed by atoms with Gasteiger partial charge in [0.05, 0.1) is 5.56 Å². The highest BCUT2D eigenvalue weighted by Gasteiger charge is 2.13. The molecule has 0 atom stereocenters. The van der Waals surface area contributed by atoms with Crippen LogP contribution in [0.3, 0.4) is 0 Å². The largest absolute Gasteiger partial charge is 0.322 e. The molecule has 0 saturated carbocycles. The van der Waals surface area contributed by atoms with Crippen LogP contribution in [0, 0.1) is 5.82 Å². The normalized spacial score (nSPS) is 10.6. The fourth-order valence-electron chi connectivity index (χ4n) is 3.10. The van der Waals surface area contributed by atoms with Gasteiger partial charge in [0.1, 0.15) is 5.82 Å². The summed E-state index contributed by atoms with van der Waals surface area (Å²) in [5.74, 6) is -1.38. The molecular weight excluding hydrogens is 385 g/mol. The SMILES string of the molecule is O=C(Nc1cccc(F)c1)c1cccc(NC(=O)c2cc(=O)[nH]c3ccccc23)c1. The number of amides is 2. The van der Waals surface area contributed by atoms with Gasteiger partial charge in [-0.2, -0.15) is 0 Å². The number of halogens is 1. The van der Waals surface area contributed by atoms with Crippen molar-refractivity contribution in [3.63, 3.8) is 0 Å². The van der Waals surface area contributed by atoms with E-state index >= 15 is 0 Å². The number of carbonyl (C=O) groups is 2. The molecule has 30 heavy (non-hydrogen) atoms. The van der Waals surface area contributed by atoms with Crippen LogP contribution in [0.2, 0.25) is 0 Å². The van der Waals surface area contributed by atoms with E-state index in [-0.39, 0.29) is 16.7 Å². The lowest BCUT2D eigenvalue weighted by Gasteiger charge is -2.10. The third-order valence-electron chi connectivity index (χ3n) is 4.46. The van der Waals surface area contributed by atoms with Crippen molar-refractivity contribution in [2.75, 3.05) is 10.6 Å². The number of hydrogen-bond donors (Lipinski definition) is 3. The second-order valence-corrected chi connectivity index (χ2v) is 6.59. The van der Waals surface area contributed by atoms with E-state index < -0.39 is 17.6 Å². The van der Waals surface area contributed by atoms with Crippen LogP contribution >= 0.6 is 0 Å². The van der Waals surface area contributed by atoms with Crippen molar-refractivity contribution in [1.82, 2.24) is 4.98 Å². The average molecular weight is 401 g/mol. The van der Waals surface area contributed by atoms with Gasteiger partial charge in [0.15, 0.2) is 0 Å². The summed E-state index contributed by atoms with van der Waals surface area (Å²) in [5.41, 5.74) is 1.39. The molecule has 0 aliphatic heterocycles. The standard InChI is InChI=1S/C23H16FN3O3/c24-15-6-4-8-17(12-15)25-22(29)14-5-3-7-16(11-14)26-23(30)19-13-21(28)27-20-10-2-1-9-18(19)20/h1-13H,(H,25,29)(H,26,30)(H,27,28). The molecule has 0 saturated heterocycles. The summed E-state index contributed by atoms with van der Waals surface area (Å²) in [6, 6.07) is 20.1. The van der Waals surface area contributed by atoms with Crippen molar-refractivity contribution in [2.24, 2.45) is 0 Å². The van der Waals surface area contributed by atoms with Crippen molar-refractivity contribution >= 4 is 34.1 Å². The first-order valence-electron chi connectivity index (χ1n) is 9.10. The summed E-state index contributed by atoms with van der Waals surface area (Å²) < 4.78 is 13.3. The minimum absolute atomic E-state index is 0.226. The maximum atomic E-state index is 13.3. The van der Waals surface area contributed by atoms with Gasteiger partial charge < -0.3 is 15.6 Å². The number of carbonyl (C=O) groups excluding carboxylic acids is 2. The fraction of sp³-hybridized carbons (Fsp3) is 0. The number of anilines is 2. The Morgan fingerprint density at radius 2 is 1.47 bits per heavy atom. The molecule has 0 radical (unpaired) electrons. The van der Waals surface area contributed by atoms with E-state index in [9.17, 15) is 18.8 Å². The summed E-state index contributed by atoms with van der Waals surface area (Å²) in [6.45, 7) is 0. The van der Waals surface area contributed by atoms with Crippen LogP contribution in [0.1, 0.15) is 20.7 Å². The number of aromatic amines is 1. The molecule has 4 aromatic rings. The third kappa shape index (κ3) is 4.10. The van der Waals surface area contributed by atoms with E-state index in [4.69, 9.17) is 0 Å². The van der Waals surface area contributed by atoms with Gasteiger partial charge in [0.2, 0.25) is 5.56 Å². The first-order valence-corrected chi connectivity index (χ1v) is 9.10. The highest BCUT2D eigenvalue weighted by molar-refractivity contribution is 6.12. The van der Waals surface area contributed by atoms with Crippen LogP contribution in [0.5, 0.6) is 0 Å². The number of nitrogens with one attached hydrogen (secondary N) is 3. The topological polar surface area (TPSA) is 91.1 Å². The number of rotatable bonds is 4. The minimum Gasteiger partial charge on any atom is -0.322 e. The number of pyridine rings is 1. The molecule has 4 rings (SSSR count). The van der Waals surface area contributed by atoms with Crippen molar-refractivity contribution in [1.29, 1.82) is 0 Å². The molecule has 1 heterocycles. The average Bonchev–Trinajstić information content (AvgIpc) is 2.73. The van der Waals surface area contributed by atoms with Crippen molar-refractivity contribution in [3.8, 4) is 0 Å². The Kier molecular flexibility index (Phi) is 5.09. The quantitative estimate of drug-likeness (QED) is 0.479. The monoisotopic (exact) mass is 401 g/mol. The van der Waals surface area contributed by atoms with E-state index in [0.717, 1.165) is 0 Å². The summed E-state index contributed by atoms with van der Waals surface area (Å²) in [6.07, 6.45) is 0. The summed E-state index contributed by atoms with van der Waals surface area (Å²) in [4.78, 5) is 39.8. The molecule has 6 nitrogen and oxygen atoms in total. The van der Waals surface area contributed by atoms with Gasteiger partial charge in [-0.25, -0.2) is 4.39 Å². The molecule has 0 unspecified atom stereocenters. The zero-order valence-corrected chi connectivity index (χ0v) is 15.6. The molecule has 2 amide bonds. The van der Waals surface area contributed by atoms with E-state index in [1.54, 1.807) is 48.5 Å². The van der Waals surface area contributed by atoms with E-state index in [0.29, 0.717) is 22.3 Å². The molecule has 1 aromatic heterocycles. The molecule has 0 aliphatic carbocycles. The molecule has 3 aromatic carbocycles. The first kappa shape index (κ1) is 19.1. The number of hydrogen-bond acceptors (Lipinski definition) is 3. The lowest BCUT2D eigenvalue weighted by atomic mass is 10.1. The Morgan fingerprint density at radius 3 is 2.27 bits per heavy atom. The van der Waals surface area contributed by atoms with Gasteiger partial charge in [0.25, 0.3) is 11.8 Å². The maximum Gasteiger partial charge on any atom is 0.256 e. The summed E-state index contributed by atoms with van der Waals surface area (Å²) in [5, 5.41) is 5.93. The van der Waals surface area contributed by atoms with Gasteiger partial charge in [0, 0.05) is 33.9 Å². The summed E-state index contributed by atoms with van der Waals surface area (Å²) >= 11 is 0. The van der Waals surface area contributed by atoms with Crippen LogP contribution in [-0.2, 0) is 0 Å². The number of para-hydroxylation sites is 1. The van der Waals surface area contributed by atoms with Gasteiger partial charge in [-0.1, -0.05) is 30.3 Å². The molecular formula is C23H16FN3O3. The lowest BCUT2D eigenvalue weighted by Crippen LogP contribution is -2.17. The molecule has 148 valence electrons. The molecule has 0 spiro atoms. The zero-order valence-electron chi connectivity index (χ0n) is 15.6. The van der Waals surface area contributed by atoms with Crippen LogP contribution < -0.4 is 16.2 Å². The van der Waals surface area contributed by atoms with E-state index in [1.807, 2.05) is 0 Å². The van der Waals surface area contributed by atoms with E-state index in [2.05, 4.69) is 15.6 Å². The van der Waals surface area contributed by atoms with Crippen LogP contribution in [-0.4, -0.2) is 16.8 Å². The second kappa shape index (κ2) is 8.00. The fourth-order valence-corrected chi connectivity index (χ4v) is 3.10. The molecule has 0 aliphatic rings. The van der Waals surface area contributed by atoms with Crippen LogP contribution in [0.25, 0.3) is 10.9 Å². The van der Waals surface area contributed by atoms with Crippen LogP contribution in [0.15, 0.2) is 83.7 Å². The maximum absolute atomic E-state index is 13.3. The second-order valence-electron chi connectivity index (χ2n) is 6.59. The minimum atomic E-state index is -0.472. The Bertz CT molecular complexity index is 1330. The predicted molar refractivity (Wildman–Crippen MR) is 113 cm³/mol. The Morgan fingerprint density at radius 1 is 0.767 bits per heavy atom. The Labute approximate surface area is 170 Å². The lowest BCUT2D eigenvalue weighted by molar-refractivity contribution is 0.101. The number of aromatic nitrogens is 1. The highest BCUT2D eigenvalue weighted by Crippen LogP contribution is 2.18. The third-order valence-corrected chi connectivity index (χ3v) is 4.46. The van der Waals surface area contributed by atoms with Crippen molar-refractivity contribution in [2.45, 2.75) is 0 Å². The highest BCUT2D eigenvalue weighted by atomic mass is 19.1. The van der Waals surface area contributed by atoms with Gasteiger partial charge in [-0.05, 0) is 42.5 Å². The number of benzene rings is 3. The van der Waals surface area contributed by atoms with Gasteiger partial charge in [-0.3, -0.25) is 14.4 Å². The van der Waals surface area contributed by atoms with E-state index in [1.165, 1.54) is 30.3 Å². The molecule has 0 fully saturated rings. The van der Waals surface area contributed by atoms with Crippen molar-refractivity contribution < 1.29 is 14.0 Å². The summed E-state index contributed by atoms with van der Waals surface area (Å²) in [7, 11) is 0. The molecule has 3 N–H and O–H groups in total. The zero-order chi connectivity index (χ0) is 21.1. The Hall–Kier alpha value is -4.26. The predicted octanol–water partition coefficient (Wildman–Crippen LogP) is 4.17. The number of H-pyrrole nitrogens is 1. The van der Waals surface area contributed by atoms with Crippen molar-refractivity contribution in [3.05, 3.63) is 106 Å². The van der Waals surface area contributed by atoms with Gasteiger partial charge in [-0.15, -0.1) is 0 Å².